The monoisotopic (exact) mass is 216 g/mol. The van der Waals surface area contributed by atoms with Crippen LogP contribution in [0.3, 0.4) is 0 Å². The quantitative estimate of drug-likeness (QED) is 0.820. The minimum atomic E-state index is -1.00. The van der Waals surface area contributed by atoms with E-state index < -0.39 is 11.4 Å². The molecule has 0 saturated carbocycles. The summed E-state index contributed by atoms with van der Waals surface area (Å²) in [6, 6.07) is 0. The van der Waals surface area contributed by atoms with Crippen LogP contribution in [-0.2, 0) is 17.3 Å². The van der Waals surface area contributed by atoms with Crippen LogP contribution in [-0.4, -0.2) is 20.9 Å². The molecule has 5 heteroatoms. The topological polar surface area (TPSA) is 55.1 Å². The van der Waals surface area contributed by atoms with Gasteiger partial charge in [0, 0.05) is 12.6 Å². The van der Waals surface area contributed by atoms with Crippen LogP contribution in [0, 0.1) is 6.92 Å². The molecule has 0 radical (unpaired) electrons. The Morgan fingerprint density at radius 2 is 2.07 bits per heavy atom. The summed E-state index contributed by atoms with van der Waals surface area (Å²) in [6.07, 6.45) is 0. The average molecular weight is 217 g/mol. The SMILES string of the molecule is Cc1nn(C)c(Cl)c1C(C)(C)C(=O)O. The van der Waals surface area contributed by atoms with Gasteiger partial charge in [0.15, 0.2) is 0 Å². The van der Waals surface area contributed by atoms with Crippen molar-refractivity contribution in [1.82, 2.24) is 9.78 Å². The van der Waals surface area contributed by atoms with Crippen molar-refractivity contribution in [3.63, 3.8) is 0 Å². The van der Waals surface area contributed by atoms with Gasteiger partial charge in [0.2, 0.25) is 0 Å². The Morgan fingerprint density at radius 3 is 2.36 bits per heavy atom. The van der Waals surface area contributed by atoms with Crippen molar-refractivity contribution in [2.75, 3.05) is 0 Å². The molecule has 0 aliphatic rings. The second kappa shape index (κ2) is 3.28. The lowest BCUT2D eigenvalue weighted by atomic mass is 9.85. The molecule has 0 aliphatic heterocycles. The molecule has 0 aromatic carbocycles. The van der Waals surface area contributed by atoms with E-state index in [1.807, 2.05) is 0 Å². The van der Waals surface area contributed by atoms with Gasteiger partial charge in [0.1, 0.15) is 5.15 Å². The summed E-state index contributed by atoms with van der Waals surface area (Å²) in [5, 5.41) is 13.5. The molecule has 0 fully saturated rings. The molecule has 4 nitrogen and oxygen atoms in total. The van der Waals surface area contributed by atoms with Gasteiger partial charge in [-0.05, 0) is 20.8 Å². The third-order valence-electron chi connectivity index (χ3n) is 2.31. The molecular formula is C9H13ClN2O2. The summed E-state index contributed by atoms with van der Waals surface area (Å²) in [7, 11) is 1.69. The number of hydrogen-bond donors (Lipinski definition) is 1. The Hall–Kier alpha value is -1.03. The lowest BCUT2D eigenvalue weighted by Crippen LogP contribution is -2.29. The summed E-state index contributed by atoms with van der Waals surface area (Å²) < 4.78 is 1.48. The number of carboxylic acids is 1. The van der Waals surface area contributed by atoms with E-state index in [1.165, 1.54) is 4.68 Å². The number of aromatic nitrogens is 2. The van der Waals surface area contributed by atoms with Crippen LogP contribution in [0.5, 0.6) is 0 Å². The van der Waals surface area contributed by atoms with Crippen LogP contribution in [0.1, 0.15) is 25.1 Å². The van der Waals surface area contributed by atoms with Crippen LogP contribution in [0.4, 0.5) is 0 Å². The van der Waals surface area contributed by atoms with E-state index in [9.17, 15) is 4.79 Å². The molecule has 1 aromatic rings. The van der Waals surface area contributed by atoms with Gasteiger partial charge < -0.3 is 5.11 Å². The third-order valence-corrected chi connectivity index (χ3v) is 2.75. The van der Waals surface area contributed by atoms with Crippen LogP contribution in [0.2, 0.25) is 5.15 Å². The molecule has 1 rings (SSSR count). The second-order valence-electron chi connectivity index (χ2n) is 3.80. The number of carbonyl (C=O) groups is 1. The molecular weight excluding hydrogens is 204 g/mol. The predicted octanol–water partition coefficient (Wildman–Crippen LogP) is 1.74. The van der Waals surface area contributed by atoms with E-state index in [1.54, 1.807) is 27.8 Å². The van der Waals surface area contributed by atoms with Crippen molar-refractivity contribution in [2.45, 2.75) is 26.2 Å². The molecule has 0 atom stereocenters. The fourth-order valence-electron chi connectivity index (χ4n) is 1.45. The number of hydrogen-bond acceptors (Lipinski definition) is 2. The summed E-state index contributed by atoms with van der Waals surface area (Å²) in [4.78, 5) is 11.0. The van der Waals surface area contributed by atoms with E-state index in [0.29, 0.717) is 16.4 Å². The first kappa shape index (κ1) is 11.0. The van der Waals surface area contributed by atoms with Gasteiger partial charge in [-0.25, -0.2) is 0 Å². The molecule has 0 aliphatic carbocycles. The lowest BCUT2D eigenvalue weighted by Gasteiger charge is -2.18. The van der Waals surface area contributed by atoms with Gasteiger partial charge in [-0.1, -0.05) is 11.6 Å². The Bertz CT molecular complexity index is 382. The van der Waals surface area contributed by atoms with Crippen LogP contribution < -0.4 is 0 Å². The maximum Gasteiger partial charge on any atom is 0.313 e. The number of rotatable bonds is 2. The summed E-state index contributed by atoms with van der Waals surface area (Å²) in [6.45, 7) is 4.99. The van der Waals surface area contributed by atoms with Gasteiger partial charge in [0.05, 0.1) is 11.1 Å². The van der Waals surface area contributed by atoms with Crippen molar-refractivity contribution >= 4 is 17.6 Å². The zero-order chi connectivity index (χ0) is 11.1. The normalized spacial score (nSPS) is 11.8. The zero-order valence-electron chi connectivity index (χ0n) is 8.63. The molecule has 1 aromatic heterocycles. The van der Waals surface area contributed by atoms with Crippen LogP contribution in [0.15, 0.2) is 0 Å². The highest BCUT2D eigenvalue weighted by Crippen LogP contribution is 2.32. The van der Waals surface area contributed by atoms with E-state index in [0.717, 1.165) is 0 Å². The number of halogens is 1. The maximum atomic E-state index is 11.0. The van der Waals surface area contributed by atoms with Crippen molar-refractivity contribution in [3.8, 4) is 0 Å². The van der Waals surface area contributed by atoms with Gasteiger partial charge in [0.25, 0.3) is 0 Å². The Labute approximate surface area is 87.5 Å². The largest absolute Gasteiger partial charge is 0.481 e. The predicted molar refractivity (Wildman–Crippen MR) is 53.6 cm³/mol. The van der Waals surface area contributed by atoms with Crippen molar-refractivity contribution in [3.05, 3.63) is 16.4 Å². The third kappa shape index (κ3) is 1.50. The molecule has 0 amide bonds. The highest BCUT2D eigenvalue weighted by Gasteiger charge is 2.35. The molecule has 0 saturated heterocycles. The van der Waals surface area contributed by atoms with Crippen molar-refractivity contribution < 1.29 is 9.90 Å². The molecule has 1 N–H and O–H groups in total. The highest BCUT2D eigenvalue weighted by atomic mass is 35.5. The summed E-state index contributed by atoms with van der Waals surface area (Å²) >= 11 is 5.98. The zero-order valence-corrected chi connectivity index (χ0v) is 9.38. The van der Waals surface area contributed by atoms with Crippen LogP contribution in [0.25, 0.3) is 0 Å². The molecule has 78 valence electrons. The maximum absolute atomic E-state index is 11.0. The highest BCUT2D eigenvalue weighted by molar-refractivity contribution is 6.30. The first-order valence-electron chi connectivity index (χ1n) is 4.21. The standard InChI is InChI=1S/C9H13ClN2O2/c1-5-6(7(10)12(4)11-5)9(2,3)8(13)14/h1-4H3,(H,13,14). The first-order valence-corrected chi connectivity index (χ1v) is 4.59. The Morgan fingerprint density at radius 1 is 1.57 bits per heavy atom. The fourth-order valence-corrected chi connectivity index (χ4v) is 1.86. The van der Waals surface area contributed by atoms with E-state index in [-0.39, 0.29) is 0 Å². The number of aryl methyl sites for hydroxylation is 2. The molecule has 0 bridgehead atoms. The molecule has 0 spiro atoms. The second-order valence-corrected chi connectivity index (χ2v) is 4.16. The minimum Gasteiger partial charge on any atom is -0.481 e. The van der Waals surface area contributed by atoms with E-state index in [4.69, 9.17) is 16.7 Å². The van der Waals surface area contributed by atoms with Gasteiger partial charge in [-0.3, -0.25) is 9.48 Å². The molecule has 0 unspecified atom stereocenters. The minimum absolute atomic E-state index is 0.384. The number of carboxylic acid groups (broad SMARTS) is 1. The lowest BCUT2D eigenvalue weighted by molar-refractivity contribution is -0.142. The Kier molecular flexibility index (Phi) is 2.58. The van der Waals surface area contributed by atoms with Gasteiger partial charge >= 0.3 is 5.97 Å². The molecule has 1 heterocycles. The average Bonchev–Trinajstić information content (AvgIpc) is 2.26. The van der Waals surface area contributed by atoms with Crippen LogP contribution >= 0.6 is 11.6 Å². The van der Waals surface area contributed by atoms with E-state index in [2.05, 4.69) is 5.10 Å². The van der Waals surface area contributed by atoms with Gasteiger partial charge in [-0.15, -0.1) is 0 Å². The number of aliphatic carboxylic acids is 1. The van der Waals surface area contributed by atoms with Gasteiger partial charge in [-0.2, -0.15) is 5.10 Å². The van der Waals surface area contributed by atoms with E-state index >= 15 is 0 Å². The smallest absolute Gasteiger partial charge is 0.313 e. The first-order chi connectivity index (χ1) is 6.28. The summed E-state index contributed by atoms with van der Waals surface area (Å²) in [5.41, 5.74) is 0.231. The number of nitrogens with zero attached hydrogens (tertiary/aromatic N) is 2. The summed E-state index contributed by atoms with van der Waals surface area (Å²) in [5.74, 6) is -0.907. The molecule has 14 heavy (non-hydrogen) atoms. The Balaban J connectivity index is 3.38. The fraction of sp³-hybridized carbons (Fsp3) is 0.556. The van der Waals surface area contributed by atoms with Crippen molar-refractivity contribution in [1.29, 1.82) is 0 Å². The van der Waals surface area contributed by atoms with Crippen molar-refractivity contribution in [2.24, 2.45) is 7.05 Å².